The number of likely N-dealkylation sites (N-methyl/N-ethyl adjacent to an activating group) is 1. The van der Waals surface area contributed by atoms with Gasteiger partial charge in [0, 0.05) is 14.0 Å². The topological polar surface area (TPSA) is 121 Å². The van der Waals surface area contributed by atoms with E-state index >= 15 is 0 Å². The first-order valence-electron chi connectivity index (χ1n) is 13.8. The molecule has 1 N–H and O–H groups in total. The zero-order chi connectivity index (χ0) is 31.4. The van der Waals surface area contributed by atoms with Gasteiger partial charge in [0.1, 0.15) is 19.3 Å². The summed E-state index contributed by atoms with van der Waals surface area (Å²) in [6, 6.07) is 32.0. The summed E-state index contributed by atoms with van der Waals surface area (Å²) in [5, 5.41) is 0. The van der Waals surface area contributed by atoms with Crippen molar-refractivity contribution >= 4 is 19.9 Å². The van der Waals surface area contributed by atoms with E-state index in [1.165, 1.54) is 31.0 Å². The Balaban J connectivity index is 1.53. The number of carbonyl (C=O) groups is 2. The average Bonchev–Trinajstić information content (AvgIpc) is 3.03. The summed E-state index contributed by atoms with van der Waals surface area (Å²) >= 11 is 0. The molecule has 0 heterocycles. The molecule has 230 valence electrons. The average molecular weight is 620 g/mol. The molecule has 0 saturated heterocycles. The number of benzene rings is 4. The Hall–Kier alpha value is -4.63. The number of nitrogens with zero attached hydrogens (tertiary/aromatic N) is 1. The zero-order valence-electron chi connectivity index (χ0n) is 24.4. The minimum atomic E-state index is -4.57. The number of esters is 1. The third kappa shape index (κ3) is 10.3. The Morgan fingerprint density at radius 2 is 1.32 bits per heavy atom. The predicted octanol–water partition coefficient (Wildman–Crippen LogP) is 6.83. The zero-order valence-corrected chi connectivity index (χ0v) is 25.3. The van der Waals surface area contributed by atoms with E-state index in [-0.39, 0.29) is 37.9 Å². The van der Waals surface area contributed by atoms with E-state index in [0.717, 1.165) is 11.1 Å². The first-order chi connectivity index (χ1) is 21.2. The van der Waals surface area contributed by atoms with Crippen LogP contribution in [0.2, 0.25) is 0 Å². The molecule has 0 radical (unpaired) electrons. The van der Waals surface area contributed by atoms with E-state index in [2.05, 4.69) is 0 Å². The summed E-state index contributed by atoms with van der Waals surface area (Å²) in [7, 11) is -3.04. The van der Waals surface area contributed by atoms with Gasteiger partial charge in [-0.3, -0.25) is 14.2 Å². The van der Waals surface area contributed by atoms with Gasteiger partial charge < -0.3 is 23.6 Å². The maximum absolute atomic E-state index is 12.9. The second-order valence-electron chi connectivity index (χ2n) is 9.82. The van der Waals surface area contributed by atoms with Crippen molar-refractivity contribution in [3.8, 4) is 11.5 Å². The van der Waals surface area contributed by atoms with Crippen LogP contribution in [0.3, 0.4) is 0 Å². The lowest BCUT2D eigenvalue weighted by Crippen LogP contribution is -2.33. The summed E-state index contributed by atoms with van der Waals surface area (Å²) in [6.07, 6.45) is -1.52. The fourth-order valence-electron chi connectivity index (χ4n) is 4.09. The Kier molecular flexibility index (Phi) is 11.5. The second kappa shape index (κ2) is 15.7. The molecule has 44 heavy (non-hydrogen) atoms. The molecule has 0 saturated carbocycles. The van der Waals surface area contributed by atoms with Crippen LogP contribution in [0.4, 0.5) is 4.79 Å². The van der Waals surface area contributed by atoms with Gasteiger partial charge in [0.2, 0.25) is 0 Å². The maximum atomic E-state index is 12.9. The van der Waals surface area contributed by atoms with Crippen LogP contribution < -0.4 is 9.26 Å². The number of hydrogen-bond acceptors (Lipinski definition) is 8. The number of hydrogen-bond donors (Lipinski definition) is 1. The molecule has 0 spiro atoms. The fourth-order valence-corrected chi connectivity index (χ4v) is 4.86. The van der Waals surface area contributed by atoms with Crippen molar-refractivity contribution in [3.63, 3.8) is 0 Å². The third-order valence-electron chi connectivity index (χ3n) is 6.29. The molecule has 0 aliphatic heterocycles. The normalized spacial score (nSPS) is 12.8. The van der Waals surface area contributed by atoms with E-state index < -0.39 is 26.0 Å². The number of carbonyl (C=O) groups excluding carboxylic acids is 2. The van der Waals surface area contributed by atoms with Gasteiger partial charge in [0.15, 0.2) is 11.5 Å². The minimum Gasteiger partial charge on any atom is -0.485 e. The second-order valence-corrected chi connectivity index (χ2v) is 11.2. The summed E-state index contributed by atoms with van der Waals surface area (Å²) in [5.41, 5.74) is 2.82. The SMILES string of the molecule is CC(=O)OC(CN(C)C(=O)OCc1ccccc1)c1ccc(OP(=O)(O)OCc2ccccc2)c(OCc2ccccc2)c1. The molecule has 0 fully saturated rings. The monoisotopic (exact) mass is 619 g/mol. The van der Waals surface area contributed by atoms with Crippen molar-refractivity contribution in [2.75, 3.05) is 13.6 Å². The number of amides is 1. The summed E-state index contributed by atoms with van der Waals surface area (Å²) in [6.45, 7) is 1.28. The summed E-state index contributed by atoms with van der Waals surface area (Å²) in [5.74, 6) is -0.515. The predicted molar refractivity (Wildman–Crippen MR) is 163 cm³/mol. The van der Waals surface area contributed by atoms with Gasteiger partial charge in [-0.05, 0) is 34.4 Å². The van der Waals surface area contributed by atoms with Crippen molar-refractivity contribution in [2.24, 2.45) is 0 Å². The van der Waals surface area contributed by atoms with Gasteiger partial charge in [-0.15, -0.1) is 0 Å². The highest BCUT2D eigenvalue weighted by molar-refractivity contribution is 7.47. The largest absolute Gasteiger partial charge is 0.527 e. The molecular weight excluding hydrogens is 585 g/mol. The van der Waals surface area contributed by atoms with Gasteiger partial charge in [-0.2, -0.15) is 0 Å². The Bertz CT molecular complexity index is 1550. The molecule has 0 aromatic heterocycles. The Morgan fingerprint density at radius 3 is 1.89 bits per heavy atom. The quantitative estimate of drug-likeness (QED) is 0.120. The molecule has 4 rings (SSSR count). The highest BCUT2D eigenvalue weighted by Gasteiger charge is 2.27. The third-order valence-corrected chi connectivity index (χ3v) is 7.18. The van der Waals surface area contributed by atoms with Gasteiger partial charge in [-0.25, -0.2) is 9.36 Å². The van der Waals surface area contributed by atoms with Crippen molar-refractivity contribution in [2.45, 2.75) is 32.8 Å². The number of ether oxygens (including phenoxy) is 3. The van der Waals surface area contributed by atoms with E-state index in [0.29, 0.717) is 11.1 Å². The molecule has 4 aromatic rings. The number of phosphoric ester groups is 1. The number of rotatable bonds is 14. The van der Waals surface area contributed by atoms with Crippen LogP contribution in [0, 0.1) is 0 Å². The van der Waals surface area contributed by atoms with E-state index in [4.69, 9.17) is 23.3 Å². The van der Waals surface area contributed by atoms with Crippen LogP contribution >= 0.6 is 7.82 Å². The van der Waals surface area contributed by atoms with E-state index in [1.54, 1.807) is 30.3 Å². The van der Waals surface area contributed by atoms with Crippen LogP contribution in [0.25, 0.3) is 0 Å². The van der Waals surface area contributed by atoms with Gasteiger partial charge >= 0.3 is 19.9 Å². The molecule has 11 heteroatoms. The van der Waals surface area contributed by atoms with Crippen LogP contribution in [0.15, 0.2) is 109 Å². The summed E-state index contributed by atoms with van der Waals surface area (Å²) in [4.78, 5) is 36.5. The highest BCUT2D eigenvalue weighted by atomic mass is 31.2. The van der Waals surface area contributed by atoms with Crippen LogP contribution in [0.1, 0.15) is 35.3 Å². The molecule has 1 amide bonds. The van der Waals surface area contributed by atoms with Crippen LogP contribution in [-0.2, 0) is 43.2 Å². The highest BCUT2D eigenvalue weighted by Crippen LogP contribution is 2.48. The van der Waals surface area contributed by atoms with Crippen LogP contribution in [0.5, 0.6) is 11.5 Å². The van der Waals surface area contributed by atoms with Crippen LogP contribution in [-0.4, -0.2) is 35.4 Å². The minimum absolute atomic E-state index is 0.0375. The molecular formula is C33H34NO9P. The van der Waals surface area contributed by atoms with Gasteiger partial charge in [0.05, 0.1) is 13.2 Å². The number of phosphoric acid groups is 1. The van der Waals surface area contributed by atoms with Crippen molar-refractivity contribution in [1.29, 1.82) is 0 Å². The first-order valence-corrected chi connectivity index (χ1v) is 15.3. The lowest BCUT2D eigenvalue weighted by atomic mass is 10.1. The molecule has 0 aliphatic rings. The molecule has 0 bridgehead atoms. The molecule has 10 nitrogen and oxygen atoms in total. The molecule has 0 aliphatic carbocycles. The maximum Gasteiger partial charge on any atom is 0.527 e. The van der Waals surface area contributed by atoms with Gasteiger partial charge in [-0.1, -0.05) is 97.1 Å². The molecule has 4 aromatic carbocycles. The lowest BCUT2D eigenvalue weighted by Gasteiger charge is -2.25. The molecule has 2 unspecified atom stereocenters. The standard InChI is InChI=1S/C33H34NO9P/c1-25(35)42-32(21-34(2)33(36)40-23-27-14-8-4-9-15-27)29-18-19-30(31(20-29)39-22-26-12-6-3-7-13-26)43-44(37,38)41-24-28-16-10-5-11-17-28/h3-20,32H,21-24H2,1-2H3,(H,37,38). The first kappa shape index (κ1) is 32.3. The Labute approximate surface area is 256 Å². The Morgan fingerprint density at radius 1 is 0.773 bits per heavy atom. The fraction of sp³-hybridized carbons (Fsp3) is 0.212. The molecule has 2 atom stereocenters. The van der Waals surface area contributed by atoms with E-state index in [9.17, 15) is 19.0 Å². The smallest absolute Gasteiger partial charge is 0.485 e. The van der Waals surface area contributed by atoms with Crippen molar-refractivity contribution in [1.82, 2.24) is 4.90 Å². The lowest BCUT2D eigenvalue weighted by molar-refractivity contribution is -0.147. The van der Waals surface area contributed by atoms with Crippen molar-refractivity contribution < 1.29 is 42.3 Å². The van der Waals surface area contributed by atoms with Crippen molar-refractivity contribution in [3.05, 3.63) is 131 Å². The summed E-state index contributed by atoms with van der Waals surface area (Å²) < 4.78 is 40.5. The van der Waals surface area contributed by atoms with Gasteiger partial charge in [0.25, 0.3) is 0 Å². The van der Waals surface area contributed by atoms with E-state index in [1.807, 2.05) is 66.7 Å².